The number of anilines is 1. The molecule has 0 saturated heterocycles. The fourth-order valence-electron chi connectivity index (χ4n) is 1.33. The Hall–Kier alpha value is -2.18. The maximum atomic E-state index is 11.5. The summed E-state index contributed by atoms with van der Waals surface area (Å²) in [4.78, 5) is 22.9. The van der Waals surface area contributed by atoms with Gasteiger partial charge in [0.1, 0.15) is 11.9 Å². The Labute approximate surface area is 111 Å². The van der Waals surface area contributed by atoms with Crippen LogP contribution in [0.4, 0.5) is 5.82 Å². The van der Waals surface area contributed by atoms with Crippen LogP contribution in [0.5, 0.6) is 0 Å². The lowest BCUT2D eigenvalue weighted by Gasteiger charge is -2.12. The summed E-state index contributed by atoms with van der Waals surface area (Å²) >= 11 is 0. The van der Waals surface area contributed by atoms with Gasteiger partial charge in [-0.2, -0.15) is 0 Å². The molecule has 0 radical (unpaired) electrons. The van der Waals surface area contributed by atoms with Gasteiger partial charge in [-0.3, -0.25) is 4.79 Å². The minimum atomic E-state index is -0.524. The standard InChI is InChI=1S/C12H18N4O3/c1-4-13-11(17)9-6-7-10(16-15-9)14-8(3)12(18)19-5-2/h6-8H,4-5H2,1-3H3,(H,13,17)(H,14,16). The number of amides is 1. The summed E-state index contributed by atoms with van der Waals surface area (Å²) in [6, 6.07) is 2.61. The van der Waals surface area contributed by atoms with Crippen LogP contribution in [0.3, 0.4) is 0 Å². The summed E-state index contributed by atoms with van der Waals surface area (Å²) in [5, 5.41) is 13.1. The normalized spacial score (nSPS) is 11.5. The van der Waals surface area contributed by atoms with Crippen molar-refractivity contribution in [2.75, 3.05) is 18.5 Å². The SMILES string of the molecule is CCNC(=O)c1ccc(NC(C)C(=O)OCC)nn1. The highest BCUT2D eigenvalue weighted by atomic mass is 16.5. The summed E-state index contributed by atoms with van der Waals surface area (Å²) in [5.74, 6) is -0.231. The zero-order chi connectivity index (χ0) is 14.3. The second-order valence-electron chi connectivity index (χ2n) is 3.78. The summed E-state index contributed by atoms with van der Waals surface area (Å²) in [6.45, 7) is 6.08. The van der Waals surface area contributed by atoms with Crippen molar-refractivity contribution in [2.45, 2.75) is 26.8 Å². The van der Waals surface area contributed by atoms with Gasteiger partial charge in [0.05, 0.1) is 6.61 Å². The second-order valence-corrected chi connectivity index (χ2v) is 3.78. The van der Waals surface area contributed by atoms with Crippen molar-refractivity contribution in [3.05, 3.63) is 17.8 Å². The minimum Gasteiger partial charge on any atom is -0.464 e. The van der Waals surface area contributed by atoms with E-state index in [-0.39, 0.29) is 17.6 Å². The average molecular weight is 266 g/mol. The van der Waals surface area contributed by atoms with Crippen LogP contribution >= 0.6 is 0 Å². The highest BCUT2D eigenvalue weighted by Gasteiger charge is 2.14. The second kappa shape index (κ2) is 7.30. The number of ether oxygens (including phenoxy) is 1. The molecule has 0 aliphatic heterocycles. The van der Waals surface area contributed by atoms with Gasteiger partial charge in [0.25, 0.3) is 5.91 Å². The Morgan fingerprint density at radius 1 is 1.32 bits per heavy atom. The highest BCUT2D eigenvalue weighted by Crippen LogP contribution is 2.05. The van der Waals surface area contributed by atoms with E-state index in [2.05, 4.69) is 20.8 Å². The van der Waals surface area contributed by atoms with Crippen LogP contribution in [0.2, 0.25) is 0 Å². The Kier molecular flexibility index (Phi) is 5.72. The lowest BCUT2D eigenvalue weighted by Crippen LogP contribution is -2.29. The number of rotatable bonds is 6. The first kappa shape index (κ1) is 14.9. The molecule has 7 nitrogen and oxygen atoms in total. The van der Waals surface area contributed by atoms with E-state index in [1.165, 1.54) is 6.07 Å². The van der Waals surface area contributed by atoms with Crippen LogP contribution < -0.4 is 10.6 Å². The maximum Gasteiger partial charge on any atom is 0.328 e. The smallest absolute Gasteiger partial charge is 0.328 e. The Morgan fingerprint density at radius 2 is 2.05 bits per heavy atom. The first-order valence-electron chi connectivity index (χ1n) is 6.13. The van der Waals surface area contributed by atoms with Crippen molar-refractivity contribution in [1.29, 1.82) is 0 Å². The number of aromatic nitrogens is 2. The monoisotopic (exact) mass is 266 g/mol. The summed E-state index contributed by atoms with van der Waals surface area (Å²) in [6.07, 6.45) is 0. The lowest BCUT2D eigenvalue weighted by molar-refractivity contribution is -0.143. The fraction of sp³-hybridized carbons (Fsp3) is 0.500. The number of carbonyl (C=O) groups excluding carboxylic acids is 2. The molecular formula is C12H18N4O3. The van der Waals surface area contributed by atoms with E-state index in [9.17, 15) is 9.59 Å². The first-order chi connectivity index (χ1) is 9.08. The molecule has 1 rings (SSSR count). The number of nitrogens with zero attached hydrogens (tertiary/aromatic N) is 2. The summed E-state index contributed by atoms with van der Waals surface area (Å²) in [7, 11) is 0. The van der Waals surface area contributed by atoms with Gasteiger partial charge in [0, 0.05) is 6.54 Å². The van der Waals surface area contributed by atoms with Gasteiger partial charge in [-0.1, -0.05) is 0 Å². The molecule has 1 heterocycles. The highest BCUT2D eigenvalue weighted by molar-refractivity contribution is 5.92. The molecule has 0 spiro atoms. The first-order valence-corrected chi connectivity index (χ1v) is 6.13. The molecule has 1 amide bonds. The zero-order valence-corrected chi connectivity index (χ0v) is 11.3. The van der Waals surface area contributed by atoms with E-state index in [4.69, 9.17) is 4.74 Å². The van der Waals surface area contributed by atoms with Crippen molar-refractivity contribution < 1.29 is 14.3 Å². The van der Waals surface area contributed by atoms with Crippen LogP contribution in [-0.4, -0.2) is 41.3 Å². The van der Waals surface area contributed by atoms with Crippen molar-refractivity contribution in [3.63, 3.8) is 0 Å². The molecule has 0 aromatic carbocycles. The quantitative estimate of drug-likeness (QED) is 0.732. The van der Waals surface area contributed by atoms with Crippen molar-refractivity contribution >= 4 is 17.7 Å². The van der Waals surface area contributed by atoms with Crippen LogP contribution in [0.1, 0.15) is 31.3 Å². The molecule has 7 heteroatoms. The van der Waals surface area contributed by atoms with Gasteiger partial charge < -0.3 is 15.4 Å². The van der Waals surface area contributed by atoms with Gasteiger partial charge in [-0.25, -0.2) is 4.79 Å². The molecule has 1 aromatic heterocycles. The predicted molar refractivity (Wildman–Crippen MR) is 69.8 cm³/mol. The zero-order valence-electron chi connectivity index (χ0n) is 11.3. The van der Waals surface area contributed by atoms with Gasteiger partial charge in [0.15, 0.2) is 5.69 Å². The molecule has 1 aromatic rings. The summed E-state index contributed by atoms with van der Waals surface area (Å²) < 4.78 is 4.86. The number of nitrogens with one attached hydrogen (secondary N) is 2. The molecule has 104 valence electrons. The van der Waals surface area contributed by atoms with Crippen LogP contribution in [-0.2, 0) is 9.53 Å². The summed E-state index contributed by atoms with van der Waals surface area (Å²) in [5.41, 5.74) is 0.233. The van der Waals surface area contributed by atoms with Crippen LogP contribution in [0, 0.1) is 0 Å². The molecule has 1 atom stereocenters. The average Bonchev–Trinajstić information content (AvgIpc) is 2.40. The van der Waals surface area contributed by atoms with E-state index >= 15 is 0 Å². The van der Waals surface area contributed by atoms with Crippen LogP contribution in [0.25, 0.3) is 0 Å². The van der Waals surface area contributed by atoms with Gasteiger partial charge in [-0.05, 0) is 32.9 Å². The Morgan fingerprint density at radius 3 is 2.58 bits per heavy atom. The maximum absolute atomic E-state index is 11.5. The van der Waals surface area contributed by atoms with Crippen molar-refractivity contribution in [1.82, 2.24) is 15.5 Å². The van der Waals surface area contributed by atoms with Gasteiger partial charge in [-0.15, -0.1) is 10.2 Å². The van der Waals surface area contributed by atoms with Gasteiger partial charge >= 0.3 is 5.97 Å². The number of esters is 1. The molecular weight excluding hydrogens is 248 g/mol. The molecule has 0 saturated carbocycles. The molecule has 0 fully saturated rings. The molecule has 19 heavy (non-hydrogen) atoms. The van der Waals surface area contributed by atoms with Gasteiger partial charge in [0.2, 0.25) is 0 Å². The molecule has 0 aliphatic carbocycles. The van der Waals surface area contributed by atoms with Crippen molar-refractivity contribution in [2.24, 2.45) is 0 Å². The third kappa shape index (κ3) is 4.53. The van der Waals surface area contributed by atoms with E-state index in [0.717, 1.165) is 0 Å². The lowest BCUT2D eigenvalue weighted by atomic mass is 10.3. The Balaban J connectivity index is 2.61. The largest absolute Gasteiger partial charge is 0.464 e. The molecule has 0 aliphatic rings. The fourth-order valence-corrected chi connectivity index (χ4v) is 1.33. The molecule has 2 N–H and O–H groups in total. The van der Waals surface area contributed by atoms with E-state index in [1.807, 2.05) is 6.92 Å². The minimum absolute atomic E-state index is 0.233. The predicted octanol–water partition coefficient (Wildman–Crippen LogP) is 0.590. The van der Waals surface area contributed by atoms with E-state index in [0.29, 0.717) is 19.0 Å². The number of carbonyl (C=O) groups is 2. The van der Waals surface area contributed by atoms with E-state index in [1.54, 1.807) is 19.9 Å². The molecule has 1 unspecified atom stereocenters. The number of hydrogen-bond acceptors (Lipinski definition) is 6. The third-order valence-electron chi connectivity index (χ3n) is 2.24. The van der Waals surface area contributed by atoms with E-state index < -0.39 is 6.04 Å². The molecule has 0 bridgehead atoms. The number of hydrogen-bond donors (Lipinski definition) is 2. The van der Waals surface area contributed by atoms with Crippen LogP contribution in [0.15, 0.2) is 12.1 Å². The Bertz CT molecular complexity index is 433. The third-order valence-corrected chi connectivity index (χ3v) is 2.24. The van der Waals surface area contributed by atoms with Crippen molar-refractivity contribution in [3.8, 4) is 0 Å². The topological polar surface area (TPSA) is 93.2 Å².